The second-order valence-electron chi connectivity index (χ2n) is 5.04. The van der Waals surface area contributed by atoms with Crippen molar-refractivity contribution in [3.8, 4) is 0 Å². The molecule has 0 bridgehead atoms. The fraction of sp³-hybridized carbons (Fsp3) is 0.538. The van der Waals surface area contributed by atoms with Gasteiger partial charge in [-0.3, -0.25) is 9.59 Å². The Kier molecular flexibility index (Phi) is 4.33. The van der Waals surface area contributed by atoms with Gasteiger partial charge in [0.05, 0.1) is 25.0 Å². The number of methoxy groups -OCH3 is 1. The molecule has 1 saturated carbocycles. The van der Waals surface area contributed by atoms with Gasteiger partial charge in [0.15, 0.2) is 0 Å². The maximum Gasteiger partial charge on any atom is 0.307 e. The molecule has 20 heavy (non-hydrogen) atoms. The Hall–Kier alpha value is -0.780. The van der Waals surface area contributed by atoms with E-state index in [2.05, 4.69) is 10.1 Å². The van der Waals surface area contributed by atoms with E-state index in [1.807, 2.05) is 17.5 Å². The van der Waals surface area contributed by atoms with Crippen LogP contribution in [0.1, 0.15) is 30.7 Å². The number of thiophene rings is 1. The van der Waals surface area contributed by atoms with E-state index in [9.17, 15) is 9.59 Å². The van der Waals surface area contributed by atoms with Crippen LogP contribution in [0.4, 0.5) is 0 Å². The predicted molar refractivity (Wildman–Crippen MR) is 79.0 cm³/mol. The van der Waals surface area contributed by atoms with Crippen LogP contribution < -0.4 is 5.32 Å². The molecule has 1 heterocycles. The normalized spacial score (nSPS) is 24.8. The molecule has 0 aliphatic heterocycles. The molecule has 1 amide bonds. The summed E-state index contributed by atoms with van der Waals surface area (Å²) >= 11 is 13.5. The van der Waals surface area contributed by atoms with Crippen molar-refractivity contribution in [2.45, 2.75) is 30.1 Å². The fourth-order valence-corrected chi connectivity index (χ4v) is 3.41. The first-order valence-electron chi connectivity index (χ1n) is 6.09. The van der Waals surface area contributed by atoms with Crippen molar-refractivity contribution in [3.63, 3.8) is 0 Å². The van der Waals surface area contributed by atoms with Gasteiger partial charge in [0.1, 0.15) is 4.33 Å². The topological polar surface area (TPSA) is 55.4 Å². The maximum atomic E-state index is 12.3. The smallest absolute Gasteiger partial charge is 0.307 e. The molecule has 4 nitrogen and oxygen atoms in total. The zero-order chi connectivity index (χ0) is 15.0. The van der Waals surface area contributed by atoms with E-state index in [-0.39, 0.29) is 18.3 Å². The molecule has 2 rings (SSSR count). The molecule has 0 saturated heterocycles. The molecule has 7 heteroatoms. The van der Waals surface area contributed by atoms with E-state index in [1.165, 1.54) is 18.4 Å². The average Bonchev–Trinajstić information content (AvgIpc) is 2.80. The minimum Gasteiger partial charge on any atom is -0.469 e. The van der Waals surface area contributed by atoms with Gasteiger partial charge in [-0.25, -0.2) is 0 Å². The van der Waals surface area contributed by atoms with Crippen LogP contribution in [-0.4, -0.2) is 23.3 Å². The third-order valence-corrected chi connectivity index (χ3v) is 5.64. The third kappa shape index (κ3) is 2.95. The van der Waals surface area contributed by atoms with E-state index in [4.69, 9.17) is 23.2 Å². The largest absolute Gasteiger partial charge is 0.469 e. The summed E-state index contributed by atoms with van der Waals surface area (Å²) in [5.41, 5.74) is -0.804. The summed E-state index contributed by atoms with van der Waals surface area (Å²) < 4.78 is 3.64. The summed E-state index contributed by atoms with van der Waals surface area (Å²) in [5.74, 6) is -0.627. The first kappa shape index (κ1) is 15.6. The van der Waals surface area contributed by atoms with Gasteiger partial charge in [0, 0.05) is 4.88 Å². The standard InChI is InChI=1S/C13H15Cl2NO3S/c1-12(7-13(12,14)15)11(18)16-8(6-10(17)19-2)9-4-3-5-20-9/h3-5,8H,6-7H2,1-2H3,(H,16,18). The molecule has 2 unspecified atom stereocenters. The number of carbonyl (C=O) groups is 2. The van der Waals surface area contributed by atoms with Crippen LogP contribution >= 0.6 is 34.5 Å². The summed E-state index contributed by atoms with van der Waals surface area (Å²) in [4.78, 5) is 24.7. The lowest BCUT2D eigenvalue weighted by Gasteiger charge is -2.20. The van der Waals surface area contributed by atoms with Crippen molar-refractivity contribution in [2.24, 2.45) is 5.41 Å². The van der Waals surface area contributed by atoms with E-state index in [0.29, 0.717) is 6.42 Å². The fourth-order valence-electron chi connectivity index (χ4n) is 1.93. The minimum atomic E-state index is -1.03. The van der Waals surface area contributed by atoms with Crippen LogP contribution in [0.15, 0.2) is 17.5 Å². The predicted octanol–water partition coefficient (Wildman–Crippen LogP) is 3.05. The van der Waals surface area contributed by atoms with Gasteiger partial charge in [0.2, 0.25) is 5.91 Å². The molecule has 1 aliphatic rings. The van der Waals surface area contributed by atoms with Crippen LogP contribution in [-0.2, 0) is 14.3 Å². The van der Waals surface area contributed by atoms with Gasteiger partial charge in [0.25, 0.3) is 0 Å². The van der Waals surface area contributed by atoms with Gasteiger partial charge >= 0.3 is 5.97 Å². The minimum absolute atomic E-state index is 0.0798. The Bertz CT molecular complexity index is 518. The molecule has 0 spiro atoms. The Morgan fingerprint density at radius 2 is 2.20 bits per heavy atom. The molecule has 1 fully saturated rings. The van der Waals surface area contributed by atoms with Crippen LogP contribution in [0.25, 0.3) is 0 Å². The van der Waals surface area contributed by atoms with Crippen molar-refractivity contribution >= 4 is 46.4 Å². The van der Waals surface area contributed by atoms with Crippen molar-refractivity contribution < 1.29 is 14.3 Å². The molecular weight excluding hydrogens is 321 g/mol. The third-order valence-electron chi connectivity index (χ3n) is 3.55. The maximum absolute atomic E-state index is 12.3. The van der Waals surface area contributed by atoms with Crippen molar-refractivity contribution in [1.29, 1.82) is 0 Å². The lowest BCUT2D eigenvalue weighted by molar-refractivity contribution is -0.141. The molecule has 1 aromatic rings. The lowest BCUT2D eigenvalue weighted by Crippen LogP contribution is -2.36. The number of alkyl halides is 2. The van der Waals surface area contributed by atoms with Gasteiger partial charge < -0.3 is 10.1 Å². The van der Waals surface area contributed by atoms with Crippen molar-refractivity contribution in [3.05, 3.63) is 22.4 Å². The average molecular weight is 336 g/mol. The van der Waals surface area contributed by atoms with E-state index < -0.39 is 15.8 Å². The molecule has 0 aromatic carbocycles. The van der Waals surface area contributed by atoms with Crippen LogP contribution in [0.5, 0.6) is 0 Å². The lowest BCUT2D eigenvalue weighted by atomic mass is 10.1. The number of hydrogen-bond acceptors (Lipinski definition) is 4. The molecule has 1 aliphatic carbocycles. The van der Waals surface area contributed by atoms with Crippen LogP contribution in [0, 0.1) is 5.41 Å². The highest BCUT2D eigenvalue weighted by Gasteiger charge is 2.68. The van der Waals surface area contributed by atoms with E-state index in [0.717, 1.165) is 4.88 Å². The molecule has 110 valence electrons. The summed E-state index contributed by atoms with van der Waals surface area (Å²) in [6.45, 7) is 1.71. The number of halogens is 2. The SMILES string of the molecule is COC(=O)CC(NC(=O)C1(C)CC1(Cl)Cl)c1cccs1. The Labute approximate surface area is 131 Å². The van der Waals surface area contributed by atoms with E-state index in [1.54, 1.807) is 6.92 Å². The summed E-state index contributed by atoms with van der Waals surface area (Å²) in [6, 6.07) is 3.31. The number of esters is 1. The van der Waals surface area contributed by atoms with Crippen LogP contribution in [0.2, 0.25) is 0 Å². The van der Waals surface area contributed by atoms with Gasteiger partial charge in [-0.05, 0) is 24.8 Å². The molecule has 0 radical (unpaired) electrons. The monoisotopic (exact) mass is 335 g/mol. The van der Waals surface area contributed by atoms with Crippen LogP contribution in [0.3, 0.4) is 0 Å². The summed E-state index contributed by atoms with van der Waals surface area (Å²) in [7, 11) is 1.32. The zero-order valence-electron chi connectivity index (χ0n) is 11.1. The number of ether oxygens (including phenoxy) is 1. The second kappa shape index (κ2) is 5.54. The summed E-state index contributed by atoms with van der Waals surface area (Å²) in [6.07, 6.45) is 0.487. The number of rotatable bonds is 5. The second-order valence-corrected chi connectivity index (χ2v) is 7.50. The highest BCUT2D eigenvalue weighted by Crippen LogP contribution is 2.63. The van der Waals surface area contributed by atoms with Gasteiger partial charge in [-0.1, -0.05) is 6.07 Å². The highest BCUT2D eigenvalue weighted by atomic mass is 35.5. The molecule has 2 atom stereocenters. The summed E-state index contributed by atoms with van der Waals surface area (Å²) in [5, 5.41) is 4.73. The van der Waals surface area contributed by atoms with Gasteiger partial charge in [-0.15, -0.1) is 34.5 Å². The van der Waals surface area contributed by atoms with Crippen molar-refractivity contribution in [1.82, 2.24) is 5.32 Å². The first-order chi connectivity index (χ1) is 9.30. The molecule has 1 N–H and O–H groups in total. The van der Waals surface area contributed by atoms with Gasteiger partial charge in [-0.2, -0.15) is 0 Å². The molecular formula is C13H15Cl2NO3S. The molecule has 1 aromatic heterocycles. The van der Waals surface area contributed by atoms with Crippen molar-refractivity contribution in [2.75, 3.05) is 7.11 Å². The highest BCUT2D eigenvalue weighted by molar-refractivity contribution is 7.10. The quantitative estimate of drug-likeness (QED) is 0.664. The Morgan fingerprint density at radius 3 is 2.65 bits per heavy atom. The number of hydrogen-bond donors (Lipinski definition) is 1. The number of carbonyl (C=O) groups excluding carboxylic acids is 2. The zero-order valence-corrected chi connectivity index (χ0v) is 13.4. The Morgan fingerprint density at radius 1 is 1.55 bits per heavy atom. The van der Waals surface area contributed by atoms with E-state index >= 15 is 0 Å². The number of nitrogens with one attached hydrogen (secondary N) is 1. The number of amides is 1. The first-order valence-corrected chi connectivity index (χ1v) is 7.73. The Balaban J connectivity index is 2.09.